The van der Waals surface area contributed by atoms with Crippen molar-refractivity contribution in [2.24, 2.45) is 0 Å². The van der Waals surface area contributed by atoms with Crippen LogP contribution in [0.1, 0.15) is 31.4 Å². The zero-order valence-corrected chi connectivity index (χ0v) is 18.9. The Morgan fingerprint density at radius 1 is 1.13 bits per heavy atom. The van der Waals surface area contributed by atoms with Crippen LogP contribution >= 0.6 is 0 Å². The molecule has 0 bridgehead atoms. The fraction of sp³-hybridized carbons (Fsp3) is 0.440. The van der Waals surface area contributed by atoms with Crippen LogP contribution in [0, 0.1) is 6.92 Å². The van der Waals surface area contributed by atoms with Crippen molar-refractivity contribution < 1.29 is 4.79 Å². The number of anilines is 2. The Labute approximate surface area is 184 Å². The lowest BCUT2D eigenvalue weighted by Gasteiger charge is -2.35. The molecule has 6 nitrogen and oxygen atoms in total. The molecular formula is C25H33N5O. The quantitative estimate of drug-likeness (QED) is 0.629. The fourth-order valence-corrected chi connectivity index (χ4v) is 4.51. The number of carbonyl (C=O) groups excluding carboxylic acids is 1. The number of amides is 1. The highest BCUT2D eigenvalue weighted by atomic mass is 16.2. The normalized spacial score (nSPS) is 14.9. The van der Waals surface area contributed by atoms with Crippen LogP contribution in [0.3, 0.4) is 0 Å². The summed E-state index contributed by atoms with van der Waals surface area (Å²) in [5.41, 5.74) is 4.65. The van der Waals surface area contributed by atoms with Crippen LogP contribution in [-0.2, 0) is 11.2 Å². The molecule has 1 aliphatic heterocycles. The Morgan fingerprint density at radius 2 is 1.90 bits per heavy atom. The van der Waals surface area contributed by atoms with Crippen LogP contribution in [-0.4, -0.2) is 60.3 Å². The van der Waals surface area contributed by atoms with Crippen molar-refractivity contribution >= 4 is 28.3 Å². The molecule has 2 heterocycles. The van der Waals surface area contributed by atoms with Gasteiger partial charge in [0.1, 0.15) is 0 Å². The smallest absolute Gasteiger partial charge is 0.223 e. The number of carbonyl (C=O) groups is 1. The maximum atomic E-state index is 12.0. The van der Waals surface area contributed by atoms with E-state index in [9.17, 15) is 4.79 Å². The molecule has 0 spiro atoms. The number of aromatic nitrogens is 2. The van der Waals surface area contributed by atoms with Crippen molar-refractivity contribution in [1.82, 2.24) is 15.1 Å². The molecule has 0 radical (unpaired) electrons. The molecular weight excluding hydrogens is 386 g/mol. The summed E-state index contributed by atoms with van der Waals surface area (Å²) in [6.45, 7) is 11.8. The number of hydrogen-bond donors (Lipinski definition) is 1. The third kappa shape index (κ3) is 4.74. The van der Waals surface area contributed by atoms with Gasteiger partial charge in [0.25, 0.3) is 0 Å². The summed E-state index contributed by atoms with van der Waals surface area (Å²) in [6.07, 6.45) is 1.99. The second-order valence-electron chi connectivity index (χ2n) is 8.46. The van der Waals surface area contributed by atoms with Crippen LogP contribution in [0.15, 0.2) is 42.5 Å². The Morgan fingerprint density at radius 3 is 2.61 bits per heavy atom. The zero-order valence-electron chi connectivity index (χ0n) is 18.9. The Kier molecular flexibility index (Phi) is 6.56. The molecule has 3 aromatic rings. The number of fused-ring (bicyclic) bond motifs is 1. The highest BCUT2D eigenvalue weighted by Gasteiger charge is 2.20. The maximum absolute atomic E-state index is 12.0. The van der Waals surface area contributed by atoms with Crippen LogP contribution in [0.2, 0.25) is 0 Å². The monoisotopic (exact) mass is 419 g/mol. The van der Waals surface area contributed by atoms with E-state index in [2.05, 4.69) is 70.2 Å². The highest BCUT2D eigenvalue weighted by Crippen LogP contribution is 2.25. The minimum Gasteiger partial charge on any atom is -0.352 e. The number of H-pyrrole nitrogens is 1. The topological polar surface area (TPSA) is 55.5 Å². The van der Waals surface area contributed by atoms with Gasteiger partial charge in [0, 0.05) is 57.3 Å². The number of aromatic amines is 1. The lowest BCUT2D eigenvalue weighted by molar-refractivity contribution is -0.116. The number of para-hydroxylation sites is 1. The summed E-state index contributed by atoms with van der Waals surface area (Å²) in [5.74, 6) is 1.18. The molecule has 0 aliphatic carbocycles. The van der Waals surface area contributed by atoms with E-state index < -0.39 is 0 Å². The van der Waals surface area contributed by atoms with Gasteiger partial charge in [-0.3, -0.25) is 14.8 Å². The van der Waals surface area contributed by atoms with E-state index >= 15 is 0 Å². The van der Waals surface area contributed by atoms with Gasteiger partial charge in [0.05, 0.1) is 5.52 Å². The van der Waals surface area contributed by atoms with Gasteiger partial charge in [0.2, 0.25) is 5.91 Å². The maximum Gasteiger partial charge on any atom is 0.223 e. The fourth-order valence-electron chi connectivity index (χ4n) is 4.51. The molecule has 1 N–H and O–H groups in total. The SMILES string of the molecule is CCCN(C(C)=O)c1ccc(CCN2CCN(c3n[nH]c4ccccc34)CC2)cc1C. The predicted octanol–water partition coefficient (Wildman–Crippen LogP) is 4.00. The first-order chi connectivity index (χ1) is 15.1. The van der Waals surface area contributed by atoms with E-state index in [-0.39, 0.29) is 5.91 Å². The first-order valence-electron chi connectivity index (χ1n) is 11.3. The van der Waals surface area contributed by atoms with Crippen molar-refractivity contribution in [2.45, 2.75) is 33.6 Å². The van der Waals surface area contributed by atoms with E-state index in [1.165, 1.54) is 16.5 Å². The van der Waals surface area contributed by atoms with Gasteiger partial charge in [-0.05, 0) is 49.1 Å². The Bertz CT molecular complexity index is 1040. The average molecular weight is 420 g/mol. The number of rotatable bonds is 7. The van der Waals surface area contributed by atoms with Crippen molar-refractivity contribution in [2.75, 3.05) is 49.1 Å². The zero-order chi connectivity index (χ0) is 21.8. The van der Waals surface area contributed by atoms with E-state index in [0.717, 1.165) is 69.1 Å². The highest BCUT2D eigenvalue weighted by molar-refractivity contribution is 5.92. The number of benzene rings is 2. The molecule has 0 saturated carbocycles. The summed E-state index contributed by atoms with van der Waals surface area (Å²) in [7, 11) is 0. The number of aryl methyl sites for hydroxylation is 1. The van der Waals surface area contributed by atoms with Crippen molar-refractivity contribution in [3.8, 4) is 0 Å². The van der Waals surface area contributed by atoms with Crippen molar-refractivity contribution in [3.63, 3.8) is 0 Å². The minimum absolute atomic E-state index is 0.111. The Hall–Kier alpha value is -2.86. The summed E-state index contributed by atoms with van der Waals surface area (Å²) in [4.78, 5) is 18.8. The molecule has 0 atom stereocenters. The van der Waals surface area contributed by atoms with Gasteiger partial charge in [-0.25, -0.2) is 0 Å². The molecule has 4 rings (SSSR count). The molecule has 1 amide bonds. The lowest BCUT2D eigenvalue weighted by atomic mass is 10.1. The van der Waals surface area contributed by atoms with Crippen molar-refractivity contribution in [3.05, 3.63) is 53.6 Å². The minimum atomic E-state index is 0.111. The molecule has 31 heavy (non-hydrogen) atoms. The number of nitrogens with zero attached hydrogens (tertiary/aromatic N) is 4. The van der Waals surface area contributed by atoms with Gasteiger partial charge in [-0.2, -0.15) is 5.10 Å². The number of nitrogens with one attached hydrogen (secondary N) is 1. The molecule has 6 heteroatoms. The van der Waals surface area contributed by atoms with Gasteiger partial charge < -0.3 is 9.80 Å². The summed E-state index contributed by atoms with van der Waals surface area (Å²) >= 11 is 0. The first-order valence-corrected chi connectivity index (χ1v) is 11.3. The van der Waals surface area contributed by atoms with Crippen LogP contribution in [0.25, 0.3) is 10.9 Å². The second kappa shape index (κ2) is 9.52. The average Bonchev–Trinajstić information content (AvgIpc) is 3.21. The summed E-state index contributed by atoms with van der Waals surface area (Å²) in [6, 6.07) is 14.9. The van der Waals surface area contributed by atoms with Gasteiger partial charge >= 0.3 is 0 Å². The molecule has 1 aliphatic rings. The lowest BCUT2D eigenvalue weighted by Crippen LogP contribution is -2.47. The standard InChI is InChI=1S/C25H33N5O/c1-4-12-30(20(3)31)24-10-9-21(18-19(24)2)11-13-28-14-16-29(17-15-28)25-22-7-5-6-8-23(22)26-27-25/h5-10,18H,4,11-17H2,1-3H3,(H,26,27). The Balaban J connectivity index is 1.32. The molecule has 1 saturated heterocycles. The van der Waals surface area contributed by atoms with E-state index in [4.69, 9.17) is 0 Å². The number of piperazine rings is 1. The largest absolute Gasteiger partial charge is 0.352 e. The number of hydrogen-bond acceptors (Lipinski definition) is 4. The molecule has 164 valence electrons. The third-order valence-corrected chi connectivity index (χ3v) is 6.22. The van der Waals surface area contributed by atoms with Crippen LogP contribution in [0.4, 0.5) is 11.5 Å². The molecule has 0 unspecified atom stereocenters. The van der Waals surface area contributed by atoms with E-state index in [0.29, 0.717) is 0 Å². The molecule has 1 fully saturated rings. The van der Waals surface area contributed by atoms with Crippen LogP contribution in [0.5, 0.6) is 0 Å². The second-order valence-corrected chi connectivity index (χ2v) is 8.46. The van der Waals surface area contributed by atoms with Gasteiger partial charge in [-0.1, -0.05) is 31.2 Å². The summed E-state index contributed by atoms with van der Waals surface area (Å²) in [5, 5.41) is 8.90. The molecule has 1 aromatic heterocycles. The van der Waals surface area contributed by atoms with Crippen molar-refractivity contribution in [1.29, 1.82) is 0 Å². The van der Waals surface area contributed by atoms with E-state index in [1.807, 2.05) is 11.0 Å². The van der Waals surface area contributed by atoms with Gasteiger partial charge in [-0.15, -0.1) is 0 Å². The van der Waals surface area contributed by atoms with Crippen LogP contribution < -0.4 is 9.80 Å². The third-order valence-electron chi connectivity index (χ3n) is 6.22. The first kappa shape index (κ1) is 21.4. The predicted molar refractivity (Wildman–Crippen MR) is 128 cm³/mol. The summed E-state index contributed by atoms with van der Waals surface area (Å²) < 4.78 is 0. The van der Waals surface area contributed by atoms with Gasteiger partial charge in [0.15, 0.2) is 5.82 Å². The molecule has 2 aromatic carbocycles. The van der Waals surface area contributed by atoms with E-state index in [1.54, 1.807) is 6.92 Å².